The molecule has 2 rings (SSSR count). The molecule has 0 aliphatic carbocycles. The Morgan fingerprint density at radius 2 is 1.95 bits per heavy atom. The van der Waals surface area contributed by atoms with Crippen LogP contribution in [0.15, 0.2) is 46.6 Å². The number of nitrogens with zero attached hydrogens (tertiary/aromatic N) is 3. The second-order valence-corrected chi connectivity index (χ2v) is 5.41. The molecular formula is C15H17N3O2S. The van der Waals surface area contributed by atoms with Crippen LogP contribution in [-0.4, -0.2) is 31.1 Å². The third kappa shape index (κ3) is 4.21. The molecule has 6 heteroatoms. The van der Waals surface area contributed by atoms with Crippen LogP contribution < -0.4 is 4.90 Å². The van der Waals surface area contributed by atoms with E-state index in [1.807, 2.05) is 31.2 Å². The number of aliphatic hydroxyl groups excluding tert-OH is 1. The normalized spacial score (nSPS) is 11.0. The van der Waals surface area contributed by atoms with Crippen molar-refractivity contribution in [1.82, 2.24) is 0 Å². The van der Waals surface area contributed by atoms with Crippen molar-refractivity contribution in [2.24, 2.45) is 10.2 Å². The Bertz CT molecular complexity index is 608. The van der Waals surface area contributed by atoms with E-state index < -0.39 is 0 Å². The Morgan fingerprint density at radius 3 is 2.52 bits per heavy atom. The molecule has 0 unspecified atom stereocenters. The van der Waals surface area contributed by atoms with Crippen LogP contribution >= 0.6 is 11.3 Å². The average Bonchev–Trinajstić information content (AvgIpc) is 2.99. The van der Waals surface area contributed by atoms with Gasteiger partial charge in [-0.05, 0) is 43.3 Å². The summed E-state index contributed by atoms with van der Waals surface area (Å²) < 4.78 is 0. The molecule has 0 fully saturated rings. The third-order valence-corrected chi connectivity index (χ3v) is 3.85. The largest absolute Gasteiger partial charge is 0.395 e. The van der Waals surface area contributed by atoms with Crippen molar-refractivity contribution in [3.63, 3.8) is 0 Å². The lowest BCUT2D eigenvalue weighted by Crippen LogP contribution is -2.25. The van der Waals surface area contributed by atoms with Crippen LogP contribution in [0.25, 0.3) is 0 Å². The van der Waals surface area contributed by atoms with Gasteiger partial charge in [-0.15, -0.1) is 21.6 Å². The van der Waals surface area contributed by atoms with Crippen LogP contribution in [0.1, 0.15) is 16.6 Å². The molecule has 0 amide bonds. The highest BCUT2D eigenvalue weighted by atomic mass is 32.1. The summed E-state index contributed by atoms with van der Waals surface area (Å²) in [5.41, 5.74) is 1.80. The second-order valence-electron chi connectivity index (χ2n) is 4.31. The highest BCUT2D eigenvalue weighted by molar-refractivity contribution is 7.17. The summed E-state index contributed by atoms with van der Waals surface area (Å²) in [6.45, 7) is 3.63. The first kappa shape index (κ1) is 15.3. The minimum atomic E-state index is 0.132. The number of anilines is 1. The number of hydrogen-bond donors (Lipinski definition) is 1. The van der Waals surface area contributed by atoms with Gasteiger partial charge in [0.1, 0.15) is 5.00 Å². The van der Waals surface area contributed by atoms with Crippen LogP contribution in [0.3, 0.4) is 0 Å². The molecule has 0 aliphatic rings. The predicted octanol–water partition coefficient (Wildman–Crippen LogP) is 3.79. The molecule has 0 saturated heterocycles. The maximum Gasteiger partial charge on any atom is 0.160 e. The molecule has 1 aromatic carbocycles. The number of aliphatic hydroxyl groups is 1. The van der Waals surface area contributed by atoms with Gasteiger partial charge in [-0.1, -0.05) is 0 Å². The third-order valence-electron chi connectivity index (χ3n) is 2.96. The van der Waals surface area contributed by atoms with E-state index in [1.54, 1.807) is 12.1 Å². The fourth-order valence-electron chi connectivity index (χ4n) is 1.89. The van der Waals surface area contributed by atoms with Gasteiger partial charge in [-0.25, -0.2) is 0 Å². The van der Waals surface area contributed by atoms with Crippen LogP contribution in [-0.2, 0) is 0 Å². The maximum atomic E-state index is 10.6. The molecule has 0 spiro atoms. The van der Waals surface area contributed by atoms with Crippen molar-refractivity contribution in [3.8, 4) is 0 Å². The van der Waals surface area contributed by atoms with E-state index in [1.165, 1.54) is 11.3 Å². The second kappa shape index (κ2) is 7.66. The number of rotatable bonds is 7. The summed E-state index contributed by atoms with van der Waals surface area (Å²) in [4.78, 5) is 13.3. The number of benzene rings is 1. The first-order valence-electron chi connectivity index (χ1n) is 6.69. The SMILES string of the molecule is CCN(CCO)c1ccc(N=Nc2ccc(C=O)s2)cc1. The van der Waals surface area contributed by atoms with Crippen LogP contribution in [0.4, 0.5) is 16.4 Å². The fraction of sp³-hybridized carbons (Fsp3) is 0.267. The Labute approximate surface area is 127 Å². The Kier molecular flexibility index (Phi) is 5.59. The van der Waals surface area contributed by atoms with E-state index in [0.29, 0.717) is 16.4 Å². The van der Waals surface area contributed by atoms with Crippen molar-refractivity contribution >= 4 is 34.0 Å². The number of hydrogen-bond acceptors (Lipinski definition) is 6. The fourth-order valence-corrected chi connectivity index (χ4v) is 2.53. The van der Waals surface area contributed by atoms with E-state index in [0.717, 1.165) is 24.2 Å². The zero-order chi connectivity index (χ0) is 15.1. The summed E-state index contributed by atoms with van der Waals surface area (Å²) in [6.07, 6.45) is 0.805. The molecule has 21 heavy (non-hydrogen) atoms. The minimum absolute atomic E-state index is 0.132. The van der Waals surface area contributed by atoms with Gasteiger partial charge in [0.2, 0.25) is 0 Å². The van der Waals surface area contributed by atoms with E-state index in [4.69, 9.17) is 5.11 Å². The smallest absolute Gasteiger partial charge is 0.160 e. The van der Waals surface area contributed by atoms with Gasteiger partial charge >= 0.3 is 0 Å². The minimum Gasteiger partial charge on any atom is -0.395 e. The summed E-state index contributed by atoms with van der Waals surface area (Å²) in [7, 11) is 0. The lowest BCUT2D eigenvalue weighted by atomic mass is 10.2. The van der Waals surface area contributed by atoms with Gasteiger partial charge in [0.05, 0.1) is 17.2 Å². The molecule has 1 heterocycles. The Hall–Kier alpha value is -2.05. The summed E-state index contributed by atoms with van der Waals surface area (Å²) >= 11 is 1.31. The number of thiophene rings is 1. The molecule has 1 N–H and O–H groups in total. The van der Waals surface area contributed by atoms with Gasteiger partial charge in [0.25, 0.3) is 0 Å². The zero-order valence-electron chi connectivity index (χ0n) is 11.8. The molecule has 110 valence electrons. The van der Waals surface area contributed by atoms with Crippen LogP contribution in [0, 0.1) is 0 Å². The zero-order valence-corrected chi connectivity index (χ0v) is 12.6. The van der Waals surface area contributed by atoms with E-state index in [9.17, 15) is 4.79 Å². The number of azo groups is 1. The summed E-state index contributed by atoms with van der Waals surface area (Å²) in [5, 5.41) is 18.0. The predicted molar refractivity (Wildman–Crippen MR) is 85.3 cm³/mol. The molecule has 2 aromatic rings. The lowest BCUT2D eigenvalue weighted by Gasteiger charge is -2.21. The maximum absolute atomic E-state index is 10.6. The summed E-state index contributed by atoms with van der Waals surface area (Å²) in [5.74, 6) is 0. The topological polar surface area (TPSA) is 65.3 Å². The summed E-state index contributed by atoms with van der Waals surface area (Å²) in [6, 6.07) is 11.2. The molecule has 0 aliphatic heterocycles. The van der Waals surface area contributed by atoms with E-state index in [-0.39, 0.29) is 6.61 Å². The molecule has 1 aromatic heterocycles. The number of carbonyl (C=O) groups is 1. The van der Waals surface area contributed by atoms with Gasteiger partial charge in [0, 0.05) is 18.8 Å². The lowest BCUT2D eigenvalue weighted by molar-refractivity contribution is 0.112. The van der Waals surface area contributed by atoms with Crippen molar-refractivity contribution < 1.29 is 9.90 Å². The molecule has 0 bridgehead atoms. The van der Waals surface area contributed by atoms with Crippen molar-refractivity contribution in [1.29, 1.82) is 0 Å². The number of carbonyl (C=O) groups excluding carboxylic acids is 1. The molecule has 0 atom stereocenters. The Balaban J connectivity index is 2.06. The molecular weight excluding hydrogens is 286 g/mol. The first-order valence-corrected chi connectivity index (χ1v) is 7.51. The molecule has 0 saturated carbocycles. The van der Waals surface area contributed by atoms with E-state index in [2.05, 4.69) is 15.1 Å². The van der Waals surface area contributed by atoms with Crippen LogP contribution in [0.5, 0.6) is 0 Å². The highest BCUT2D eigenvalue weighted by Gasteiger charge is 2.03. The van der Waals surface area contributed by atoms with Crippen molar-refractivity contribution in [3.05, 3.63) is 41.3 Å². The van der Waals surface area contributed by atoms with Gasteiger partial charge in [0.15, 0.2) is 6.29 Å². The average molecular weight is 303 g/mol. The van der Waals surface area contributed by atoms with Gasteiger partial charge in [-0.3, -0.25) is 4.79 Å². The van der Waals surface area contributed by atoms with Crippen LogP contribution in [0.2, 0.25) is 0 Å². The quantitative estimate of drug-likeness (QED) is 0.625. The van der Waals surface area contributed by atoms with Gasteiger partial charge in [-0.2, -0.15) is 0 Å². The number of aldehydes is 1. The molecule has 5 nitrogen and oxygen atoms in total. The molecule has 0 radical (unpaired) electrons. The standard InChI is InChI=1S/C15H17N3O2S/c1-2-18(9-10-19)13-5-3-12(4-6-13)16-17-15-8-7-14(11-20)21-15/h3-8,11,19H,2,9-10H2,1H3. The van der Waals surface area contributed by atoms with Gasteiger partial charge < -0.3 is 10.0 Å². The Morgan fingerprint density at radius 1 is 1.19 bits per heavy atom. The monoisotopic (exact) mass is 303 g/mol. The first-order chi connectivity index (χ1) is 10.3. The van der Waals surface area contributed by atoms with E-state index >= 15 is 0 Å². The highest BCUT2D eigenvalue weighted by Crippen LogP contribution is 2.26. The van der Waals surface area contributed by atoms with Crippen molar-refractivity contribution in [2.75, 3.05) is 24.6 Å². The number of likely N-dealkylation sites (N-methyl/N-ethyl adjacent to an activating group) is 1. The van der Waals surface area contributed by atoms with Crippen molar-refractivity contribution in [2.45, 2.75) is 6.92 Å².